The van der Waals surface area contributed by atoms with E-state index in [0.29, 0.717) is 37.1 Å². The minimum atomic E-state index is -4.40. The van der Waals surface area contributed by atoms with Crippen molar-refractivity contribution in [2.75, 3.05) is 45.8 Å². The third-order valence-electron chi connectivity index (χ3n) is 4.75. The Balaban J connectivity index is 1.46. The summed E-state index contributed by atoms with van der Waals surface area (Å²) in [7, 11) is 0. The fraction of sp³-hybridized carbons (Fsp3) is 0.722. The van der Waals surface area contributed by atoms with Crippen LogP contribution in [0.25, 0.3) is 0 Å². The second-order valence-electron chi connectivity index (χ2n) is 7.21. The quantitative estimate of drug-likeness (QED) is 0.506. The van der Waals surface area contributed by atoms with Gasteiger partial charge in [0.2, 0.25) is 5.91 Å². The van der Waals surface area contributed by atoms with E-state index in [1.807, 2.05) is 6.92 Å². The predicted octanol–water partition coefficient (Wildman–Crippen LogP) is 1.57. The first-order valence-electron chi connectivity index (χ1n) is 9.91. The highest BCUT2D eigenvalue weighted by atomic mass is 32.1. The number of nitrogens with zero attached hydrogens (tertiary/aromatic N) is 4. The van der Waals surface area contributed by atoms with Crippen LogP contribution < -0.4 is 10.6 Å². The highest BCUT2D eigenvalue weighted by molar-refractivity contribution is 7.09. The maximum atomic E-state index is 12.6. The topological polar surface area (TPSA) is 72.9 Å². The number of thiazole rings is 1. The lowest BCUT2D eigenvalue weighted by Gasteiger charge is -2.36. The van der Waals surface area contributed by atoms with E-state index >= 15 is 0 Å². The van der Waals surface area contributed by atoms with Crippen LogP contribution in [0.4, 0.5) is 13.2 Å². The van der Waals surface area contributed by atoms with Gasteiger partial charge in [-0.3, -0.25) is 14.7 Å². The van der Waals surface area contributed by atoms with Crippen molar-refractivity contribution in [1.82, 2.24) is 25.4 Å². The fourth-order valence-electron chi connectivity index (χ4n) is 3.06. The molecule has 7 nitrogen and oxygen atoms in total. The van der Waals surface area contributed by atoms with Gasteiger partial charge in [-0.1, -0.05) is 0 Å². The molecule has 1 amide bonds. The molecule has 0 radical (unpaired) electrons. The van der Waals surface area contributed by atoms with Crippen molar-refractivity contribution in [3.63, 3.8) is 0 Å². The minimum absolute atomic E-state index is 0.0863. The maximum Gasteiger partial charge on any atom is 0.434 e. The van der Waals surface area contributed by atoms with Crippen molar-refractivity contribution in [2.45, 2.75) is 38.4 Å². The molecule has 1 aromatic heterocycles. The Labute approximate surface area is 172 Å². The number of alkyl halides is 3. The van der Waals surface area contributed by atoms with Crippen molar-refractivity contribution in [2.24, 2.45) is 4.99 Å². The summed E-state index contributed by atoms with van der Waals surface area (Å²) in [4.78, 5) is 24.4. The van der Waals surface area contributed by atoms with Crippen LogP contribution in [-0.4, -0.2) is 78.5 Å². The van der Waals surface area contributed by atoms with Crippen molar-refractivity contribution in [3.05, 3.63) is 16.1 Å². The van der Waals surface area contributed by atoms with E-state index in [0.717, 1.165) is 61.7 Å². The smallest absolute Gasteiger partial charge is 0.357 e. The summed E-state index contributed by atoms with van der Waals surface area (Å²) in [6.45, 7) is 6.51. The number of rotatable bonds is 7. The summed E-state index contributed by atoms with van der Waals surface area (Å²) in [6.07, 6.45) is -1.86. The molecule has 0 atom stereocenters. The van der Waals surface area contributed by atoms with Crippen molar-refractivity contribution in [3.8, 4) is 0 Å². The number of piperazine rings is 1. The van der Waals surface area contributed by atoms with E-state index < -0.39 is 11.9 Å². The van der Waals surface area contributed by atoms with Gasteiger partial charge in [-0.15, -0.1) is 11.3 Å². The summed E-state index contributed by atoms with van der Waals surface area (Å²) in [6, 6.07) is 0.376. The van der Waals surface area contributed by atoms with Gasteiger partial charge < -0.3 is 15.5 Å². The molecule has 2 aliphatic rings. The predicted molar refractivity (Wildman–Crippen MR) is 106 cm³/mol. The summed E-state index contributed by atoms with van der Waals surface area (Å²) in [5.41, 5.74) is -0.838. The molecule has 1 aromatic rings. The molecule has 162 valence electrons. The molecular formula is C18H27F3N6OS. The van der Waals surface area contributed by atoms with E-state index in [2.05, 4.69) is 30.4 Å². The average Bonchev–Trinajstić information content (AvgIpc) is 3.33. The molecule has 1 saturated carbocycles. The molecule has 0 bridgehead atoms. The lowest BCUT2D eigenvalue weighted by atomic mass is 10.3. The number of amides is 1. The molecule has 0 unspecified atom stereocenters. The summed E-state index contributed by atoms with van der Waals surface area (Å²) >= 11 is 1.01. The monoisotopic (exact) mass is 432 g/mol. The highest BCUT2D eigenvalue weighted by Crippen LogP contribution is 2.30. The minimum Gasteiger partial charge on any atom is -0.357 e. The molecule has 2 N–H and O–H groups in total. The third-order valence-corrected chi connectivity index (χ3v) is 5.65. The van der Waals surface area contributed by atoms with Gasteiger partial charge in [0.15, 0.2) is 11.7 Å². The number of aliphatic imine (C=N–C) groups is 1. The van der Waals surface area contributed by atoms with Crippen molar-refractivity contribution >= 4 is 23.2 Å². The van der Waals surface area contributed by atoms with E-state index in [4.69, 9.17) is 0 Å². The van der Waals surface area contributed by atoms with Gasteiger partial charge in [0.05, 0.1) is 11.6 Å². The van der Waals surface area contributed by atoms with E-state index in [1.54, 1.807) is 0 Å². The molecule has 11 heteroatoms. The van der Waals surface area contributed by atoms with E-state index in [1.165, 1.54) is 0 Å². The van der Waals surface area contributed by atoms with Gasteiger partial charge in [0, 0.05) is 57.1 Å². The lowest BCUT2D eigenvalue weighted by molar-refractivity contribution is -0.140. The first-order valence-corrected chi connectivity index (χ1v) is 10.8. The first kappa shape index (κ1) is 21.8. The number of nitrogens with one attached hydrogen (secondary N) is 2. The molecule has 0 spiro atoms. The zero-order valence-electron chi connectivity index (χ0n) is 16.5. The van der Waals surface area contributed by atoms with Gasteiger partial charge in [0.1, 0.15) is 0 Å². The molecule has 3 rings (SSSR count). The van der Waals surface area contributed by atoms with Gasteiger partial charge in [-0.25, -0.2) is 4.98 Å². The van der Waals surface area contributed by atoms with Crippen LogP contribution in [-0.2, 0) is 17.4 Å². The molecule has 0 aromatic carbocycles. The number of halogens is 3. The molecule has 1 aliphatic heterocycles. The Morgan fingerprint density at radius 3 is 2.62 bits per heavy atom. The summed E-state index contributed by atoms with van der Waals surface area (Å²) in [5.74, 6) is 0.838. The maximum absolute atomic E-state index is 12.6. The lowest BCUT2D eigenvalue weighted by Crippen LogP contribution is -2.54. The van der Waals surface area contributed by atoms with Gasteiger partial charge in [0.25, 0.3) is 0 Å². The SMILES string of the molecule is CCNC(=NCCc1nc(C(F)(F)F)cs1)N1CCN(CC(=O)NC2CC2)CC1. The normalized spacial score (nSPS) is 18.8. The van der Waals surface area contributed by atoms with Gasteiger partial charge in [-0.05, 0) is 19.8 Å². The zero-order chi connectivity index (χ0) is 20.9. The Morgan fingerprint density at radius 1 is 1.31 bits per heavy atom. The first-order chi connectivity index (χ1) is 13.8. The van der Waals surface area contributed by atoms with E-state index in [9.17, 15) is 18.0 Å². The molecule has 1 aliphatic carbocycles. The molecule has 29 heavy (non-hydrogen) atoms. The standard InChI is InChI=1S/C18H27F3N6OS/c1-2-22-17(23-6-5-16-25-14(12-29-16)18(19,20)21)27-9-7-26(8-10-27)11-15(28)24-13-3-4-13/h12-13H,2-11H2,1H3,(H,22,23)(H,24,28). The number of hydrogen-bond acceptors (Lipinski definition) is 5. The van der Waals surface area contributed by atoms with E-state index in [-0.39, 0.29) is 5.91 Å². The highest BCUT2D eigenvalue weighted by Gasteiger charge is 2.33. The van der Waals surface area contributed by atoms with Crippen LogP contribution >= 0.6 is 11.3 Å². The zero-order valence-corrected chi connectivity index (χ0v) is 17.3. The van der Waals surface area contributed by atoms with Crippen LogP contribution in [0.15, 0.2) is 10.4 Å². The second kappa shape index (κ2) is 9.75. The summed E-state index contributed by atoms with van der Waals surface area (Å²) in [5, 5.41) is 7.72. The number of guanidine groups is 1. The molecule has 1 saturated heterocycles. The average molecular weight is 433 g/mol. The Bertz CT molecular complexity index is 711. The molecule has 2 fully saturated rings. The van der Waals surface area contributed by atoms with Crippen LogP contribution in [0.2, 0.25) is 0 Å². The summed E-state index contributed by atoms with van der Waals surface area (Å²) < 4.78 is 37.9. The fourth-order valence-corrected chi connectivity index (χ4v) is 3.86. The van der Waals surface area contributed by atoms with Gasteiger partial charge in [-0.2, -0.15) is 13.2 Å². The Hall–Kier alpha value is -1.88. The number of hydrogen-bond donors (Lipinski definition) is 2. The van der Waals surface area contributed by atoms with Gasteiger partial charge >= 0.3 is 6.18 Å². The second-order valence-corrected chi connectivity index (χ2v) is 8.16. The Morgan fingerprint density at radius 2 is 2.03 bits per heavy atom. The number of carbonyl (C=O) groups is 1. The van der Waals surface area contributed by atoms with Crippen molar-refractivity contribution < 1.29 is 18.0 Å². The number of carbonyl (C=O) groups excluding carboxylic acids is 1. The molecule has 2 heterocycles. The van der Waals surface area contributed by atoms with Crippen LogP contribution in [0, 0.1) is 0 Å². The van der Waals surface area contributed by atoms with Crippen molar-refractivity contribution in [1.29, 1.82) is 0 Å². The van der Waals surface area contributed by atoms with Crippen LogP contribution in [0.3, 0.4) is 0 Å². The largest absolute Gasteiger partial charge is 0.434 e. The number of aromatic nitrogens is 1. The Kier molecular flexibility index (Phi) is 7.33. The third kappa shape index (κ3) is 6.84. The van der Waals surface area contributed by atoms with Crippen LogP contribution in [0.1, 0.15) is 30.5 Å². The van der Waals surface area contributed by atoms with Crippen LogP contribution in [0.5, 0.6) is 0 Å². The molecular weight excluding hydrogens is 405 g/mol.